The zero-order chi connectivity index (χ0) is 13.7. The van der Waals surface area contributed by atoms with Gasteiger partial charge in [0.05, 0.1) is 4.92 Å². The van der Waals surface area contributed by atoms with E-state index in [0.717, 1.165) is 11.1 Å². The van der Waals surface area contributed by atoms with Crippen molar-refractivity contribution in [2.24, 2.45) is 5.73 Å². The zero-order valence-electron chi connectivity index (χ0n) is 10.1. The van der Waals surface area contributed by atoms with E-state index in [4.69, 9.17) is 10.5 Å². The summed E-state index contributed by atoms with van der Waals surface area (Å²) in [5.41, 5.74) is 6.48. The van der Waals surface area contributed by atoms with Crippen molar-refractivity contribution in [1.29, 1.82) is 0 Å². The fourth-order valence-corrected chi connectivity index (χ4v) is 2.18. The Labute approximate surface area is 109 Å². The molecule has 0 saturated carbocycles. The van der Waals surface area contributed by atoms with Gasteiger partial charge in [0.25, 0.3) is 5.69 Å². The standard InChI is InChI=1S/C11H14N2O4S/c1-7(17-11(12)14)10-4-3-9(13(15)16)5-8(10)6-18-2/h3-5,7H,6H2,1-2H3,(H2,12,14). The van der Waals surface area contributed by atoms with Gasteiger partial charge in [-0.05, 0) is 30.4 Å². The summed E-state index contributed by atoms with van der Waals surface area (Å²) in [5.74, 6) is 0.601. The zero-order valence-corrected chi connectivity index (χ0v) is 10.9. The first-order valence-corrected chi connectivity index (χ1v) is 6.57. The number of carbonyl (C=O) groups excluding carboxylic acids is 1. The number of nitrogens with zero attached hydrogens (tertiary/aromatic N) is 1. The molecule has 18 heavy (non-hydrogen) atoms. The molecule has 1 amide bonds. The second-order valence-electron chi connectivity index (χ2n) is 3.65. The number of thioether (sulfide) groups is 1. The lowest BCUT2D eigenvalue weighted by atomic mass is 10.0. The molecule has 0 radical (unpaired) electrons. The highest BCUT2D eigenvalue weighted by Gasteiger charge is 2.17. The van der Waals surface area contributed by atoms with E-state index < -0.39 is 17.1 Å². The van der Waals surface area contributed by atoms with Crippen molar-refractivity contribution in [2.45, 2.75) is 18.8 Å². The van der Waals surface area contributed by atoms with Crippen LogP contribution in [0.1, 0.15) is 24.2 Å². The molecule has 1 aromatic rings. The topological polar surface area (TPSA) is 95.5 Å². The molecule has 7 heteroatoms. The minimum absolute atomic E-state index is 0.0223. The molecule has 6 nitrogen and oxygen atoms in total. The van der Waals surface area contributed by atoms with Crippen molar-refractivity contribution in [2.75, 3.05) is 6.26 Å². The third-order valence-electron chi connectivity index (χ3n) is 2.37. The first-order chi connectivity index (χ1) is 8.45. The molecule has 0 aromatic heterocycles. The Morgan fingerprint density at radius 2 is 2.28 bits per heavy atom. The predicted molar refractivity (Wildman–Crippen MR) is 69.4 cm³/mol. The van der Waals surface area contributed by atoms with Crippen LogP contribution in [0.5, 0.6) is 0 Å². The Balaban J connectivity index is 3.09. The summed E-state index contributed by atoms with van der Waals surface area (Å²) in [7, 11) is 0. The predicted octanol–water partition coefficient (Wildman–Crippen LogP) is 2.61. The normalized spacial score (nSPS) is 11.9. The molecule has 1 unspecified atom stereocenters. The molecule has 1 aromatic carbocycles. The van der Waals surface area contributed by atoms with Crippen molar-refractivity contribution in [3.05, 3.63) is 39.4 Å². The van der Waals surface area contributed by atoms with Gasteiger partial charge in [-0.25, -0.2) is 4.79 Å². The highest BCUT2D eigenvalue weighted by molar-refractivity contribution is 7.97. The van der Waals surface area contributed by atoms with E-state index in [-0.39, 0.29) is 5.69 Å². The highest BCUT2D eigenvalue weighted by atomic mass is 32.2. The number of nitrogens with two attached hydrogens (primary N) is 1. The van der Waals surface area contributed by atoms with Gasteiger partial charge in [0.2, 0.25) is 0 Å². The van der Waals surface area contributed by atoms with Crippen LogP contribution in [0, 0.1) is 10.1 Å². The van der Waals surface area contributed by atoms with Crippen LogP contribution in [0.25, 0.3) is 0 Å². The summed E-state index contributed by atoms with van der Waals surface area (Å²) in [6.07, 6.45) is 0.504. The van der Waals surface area contributed by atoms with Gasteiger partial charge in [0, 0.05) is 17.9 Å². The van der Waals surface area contributed by atoms with Crippen LogP contribution in [0.2, 0.25) is 0 Å². The van der Waals surface area contributed by atoms with Crippen LogP contribution in [0.3, 0.4) is 0 Å². The summed E-state index contributed by atoms with van der Waals surface area (Å²) < 4.78 is 4.88. The molecule has 0 aliphatic rings. The molecular weight excluding hydrogens is 256 g/mol. The fourth-order valence-electron chi connectivity index (χ4n) is 1.62. The molecular formula is C11H14N2O4S. The number of benzene rings is 1. The molecule has 1 rings (SSSR count). The average molecular weight is 270 g/mol. The van der Waals surface area contributed by atoms with E-state index >= 15 is 0 Å². The maximum atomic E-state index is 10.7. The van der Waals surface area contributed by atoms with Gasteiger partial charge in [-0.3, -0.25) is 10.1 Å². The Bertz CT molecular complexity index is 464. The minimum Gasteiger partial charge on any atom is -0.442 e. The summed E-state index contributed by atoms with van der Waals surface area (Å²) in [6, 6.07) is 4.48. The summed E-state index contributed by atoms with van der Waals surface area (Å²) >= 11 is 1.53. The van der Waals surface area contributed by atoms with Gasteiger partial charge in [-0.15, -0.1) is 0 Å². The third-order valence-corrected chi connectivity index (χ3v) is 2.97. The van der Waals surface area contributed by atoms with Crippen molar-refractivity contribution in [1.82, 2.24) is 0 Å². The Morgan fingerprint density at radius 1 is 1.61 bits per heavy atom. The Morgan fingerprint density at radius 3 is 2.78 bits per heavy atom. The molecule has 0 saturated heterocycles. The second-order valence-corrected chi connectivity index (χ2v) is 4.52. The van der Waals surface area contributed by atoms with Gasteiger partial charge < -0.3 is 10.5 Å². The van der Waals surface area contributed by atoms with E-state index in [0.29, 0.717) is 5.75 Å². The quantitative estimate of drug-likeness (QED) is 0.655. The largest absolute Gasteiger partial charge is 0.442 e. The molecule has 98 valence electrons. The van der Waals surface area contributed by atoms with Crippen LogP contribution in [-0.4, -0.2) is 17.3 Å². The van der Waals surface area contributed by atoms with Crippen molar-refractivity contribution in [3.8, 4) is 0 Å². The SMILES string of the molecule is CSCc1cc([N+](=O)[O-])ccc1C(C)OC(N)=O. The number of carbonyl (C=O) groups is 1. The van der Waals surface area contributed by atoms with Crippen LogP contribution >= 0.6 is 11.8 Å². The number of nitro groups is 1. The number of primary amides is 1. The third kappa shape index (κ3) is 3.63. The fraction of sp³-hybridized carbons (Fsp3) is 0.364. The van der Waals surface area contributed by atoms with Crippen LogP contribution < -0.4 is 5.73 Å². The smallest absolute Gasteiger partial charge is 0.405 e. The summed E-state index contributed by atoms with van der Waals surface area (Å²) in [6.45, 7) is 1.68. The van der Waals surface area contributed by atoms with Gasteiger partial charge in [-0.2, -0.15) is 11.8 Å². The number of nitro benzene ring substituents is 1. The van der Waals surface area contributed by atoms with Crippen LogP contribution in [0.15, 0.2) is 18.2 Å². The summed E-state index contributed by atoms with van der Waals surface area (Å²) in [4.78, 5) is 21.0. The number of rotatable bonds is 5. The molecule has 0 spiro atoms. The summed E-state index contributed by atoms with van der Waals surface area (Å²) in [5, 5.41) is 10.7. The lowest BCUT2D eigenvalue weighted by Crippen LogP contribution is -2.16. The number of non-ortho nitro benzene ring substituents is 1. The molecule has 0 bridgehead atoms. The minimum atomic E-state index is -0.865. The molecule has 0 heterocycles. The number of ether oxygens (including phenoxy) is 1. The van der Waals surface area contributed by atoms with E-state index in [1.54, 1.807) is 13.0 Å². The van der Waals surface area contributed by atoms with E-state index in [9.17, 15) is 14.9 Å². The molecule has 0 aliphatic carbocycles. The van der Waals surface area contributed by atoms with Gasteiger partial charge in [0.1, 0.15) is 6.10 Å². The van der Waals surface area contributed by atoms with Crippen LogP contribution in [0.4, 0.5) is 10.5 Å². The highest BCUT2D eigenvalue weighted by Crippen LogP contribution is 2.27. The maximum absolute atomic E-state index is 10.7. The Kier molecular flexibility index (Phi) is 4.96. The van der Waals surface area contributed by atoms with Crippen molar-refractivity contribution < 1.29 is 14.5 Å². The average Bonchev–Trinajstić information content (AvgIpc) is 2.28. The van der Waals surface area contributed by atoms with Crippen molar-refractivity contribution >= 4 is 23.5 Å². The van der Waals surface area contributed by atoms with Gasteiger partial charge in [0.15, 0.2) is 0 Å². The van der Waals surface area contributed by atoms with E-state index in [2.05, 4.69) is 0 Å². The molecule has 0 aliphatic heterocycles. The number of hydrogen-bond donors (Lipinski definition) is 1. The van der Waals surface area contributed by atoms with Crippen LogP contribution in [-0.2, 0) is 10.5 Å². The lowest BCUT2D eigenvalue weighted by molar-refractivity contribution is -0.384. The molecule has 1 atom stereocenters. The van der Waals surface area contributed by atoms with E-state index in [1.807, 2.05) is 6.26 Å². The Hall–Kier alpha value is -1.76. The second kappa shape index (κ2) is 6.25. The lowest BCUT2D eigenvalue weighted by Gasteiger charge is -2.15. The van der Waals surface area contributed by atoms with E-state index in [1.165, 1.54) is 23.9 Å². The number of amides is 1. The molecule has 2 N–H and O–H groups in total. The first-order valence-electron chi connectivity index (χ1n) is 5.18. The maximum Gasteiger partial charge on any atom is 0.405 e. The van der Waals surface area contributed by atoms with Crippen molar-refractivity contribution in [3.63, 3.8) is 0 Å². The number of hydrogen-bond acceptors (Lipinski definition) is 5. The first kappa shape index (κ1) is 14.3. The molecule has 0 fully saturated rings. The van der Waals surface area contributed by atoms with Gasteiger partial charge in [-0.1, -0.05) is 0 Å². The van der Waals surface area contributed by atoms with Gasteiger partial charge >= 0.3 is 6.09 Å². The monoisotopic (exact) mass is 270 g/mol.